The molecule has 2 aliphatic rings. The summed E-state index contributed by atoms with van der Waals surface area (Å²) < 4.78 is 14.6. The molecule has 2 saturated carbocycles. The van der Waals surface area contributed by atoms with E-state index in [-0.39, 0.29) is 10.8 Å². The fourth-order valence-corrected chi connectivity index (χ4v) is 14.0. The zero-order valence-electron chi connectivity index (χ0n) is 45.1. The first-order chi connectivity index (χ1) is 37.0. The first-order valence-electron chi connectivity index (χ1n) is 28.4. The molecule has 2 heterocycles. The number of fused-ring (bicyclic) bond motifs is 6. The predicted molar refractivity (Wildman–Crippen MR) is 323 cm³/mol. The Morgan fingerprint density at radius 2 is 0.697 bits per heavy atom. The van der Waals surface area contributed by atoms with Crippen LogP contribution in [0.25, 0.3) is 76.2 Å². The summed E-state index contributed by atoms with van der Waals surface area (Å²) in [4.78, 5) is 5.00. The molecule has 0 atom stereocenters. The van der Waals surface area contributed by atoms with Gasteiger partial charge in [-0.3, -0.25) is 0 Å². The van der Waals surface area contributed by atoms with Crippen molar-refractivity contribution in [2.45, 2.75) is 128 Å². The van der Waals surface area contributed by atoms with Crippen molar-refractivity contribution in [2.75, 3.05) is 9.80 Å². The van der Waals surface area contributed by atoms with E-state index >= 15 is 0 Å². The summed E-state index contributed by atoms with van der Waals surface area (Å²) in [6.07, 6.45) is 12.9. The summed E-state index contributed by atoms with van der Waals surface area (Å²) in [5.74, 6) is 1.10. The van der Waals surface area contributed by atoms with Gasteiger partial charge in [0.1, 0.15) is 11.2 Å². The lowest BCUT2D eigenvalue weighted by Gasteiger charge is -2.33. The molecule has 0 saturated heterocycles. The molecule has 14 rings (SSSR count). The third-order valence-electron chi connectivity index (χ3n) is 17.6. The molecule has 76 heavy (non-hydrogen) atoms. The highest BCUT2D eigenvalue weighted by Gasteiger charge is 2.32. The van der Waals surface area contributed by atoms with Gasteiger partial charge in [0.2, 0.25) is 0 Å². The Hall–Kier alpha value is -7.56. The van der Waals surface area contributed by atoms with Gasteiger partial charge in [0.25, 0.3) is 0 Å². The number of benzene rings is 10. The van der Waals surface area contributed by atoms with Crippen LogP contribution in [0, 0.1) is 0 Å². The molecule has 0 spiro atoms. The molecule has 12 aromatic rings. The molecular weight excluding hydrogens is 925 g/mol. The monoisotopic (exact) mass is 993 g/mol. The Morgan fingerprint density at radius 1 is 0.329 bits per heavy atom. The van der Waals surface area contributed by atoms with E-state index in [9.17, 15) is 0 Å². The van der Waals surface area contributed by atoms with Gasteiger partial charge in [-0.15, -0.1) is 0 Å². The Bertz CT molecular complexity index is 3890. The highest BCUT2D eigenvalue weighted by Crippen LogP contribution is 2.55. The molecule has 4 heteroatoms. The van der Waals surface area contributed by atoms with E-state index in [1.54, 1.807) is 11.1 Å². The topological polar surface area (TPSA) is 32.8 Å². The molecule has 2 aromatic heterocycles. The number of rotatable bonds is 8. The normalized spacial score (nSPS) is 15.4. The third-order valence-corrected chi connectivity index (χ3v) is 17.6. The summed E-state index contributed by atoms with van der Waals surface area (Å²) in [5, 5.41) is 12.5. The maximum atomic E-state index is 7.32. The molecular formula is C72H68N2O2. The number of nitrogens with zero attached hydrogens (tertiary/aromatic N) is 2. The van der Waals surface area contributed by atoms with Gasteiger partial charge in [-0.1, -0.05) is 207 Å². The molecule has 4 nitrogen and oxygen atoms in total. The van der Waals surface area contributed by atoms with Crippen molar-refractivity contribution in [2.24, 2.45) is 0 Å². The molecule has 10 aromatic carbocycles. The Kier molecular flexibility index (Phi) is 11.1. The molecule has 0 amide bonds. The minimum absolute atomic E-state index is 0.113. The van der Waals surface area contributed by atoms with Crippen molar-refractivity contribution in [3.8, 4) is 0 Å². The maximum Gasteiger partial charge on any atom is 0.159 e. The Morgan fingerprint density at radius 3 is 1.11 bits per heavy atom. The minimum atomic E-state index is -0.113. The van der Waals surface area contributed by atoms with E-state index in [0.29, 0.717) is 11.8 Å². The van der Waals surface area contributed by atoms with E-state index in [1.165, 1.54) is 108 Å². The van der Waals surface area contributed by atoms with Crippen molar-refractivity contribution in [3.05, 3.63) is 192 Å². The zero-order chi connectivity index (χ0) is 51.5. The first kappa shape index (κ1) is 46.9. The van der Waals surface area contributed by atoms with Gasteiger partial charge in [0.15, 0.2) is 11.2 Å². The van der Waals surface area contributed by atoms with Crippen LogP contribution in [0.5, 0.6) is 0 Å². The Labute approximate surface area is 447 Å². The summed E-state index contributed by atoms with van der Waals surface area (Å²) in [7, 11) is 0. The minimum Gasteiger partial charge on any atom is -0.454 e. The number of hydrogen-bond donors (Lipinski definition) is 0. The molecule has 0 N–H and O–H groups in total. The van der Waals surface area contributed by atoms with Crippen LogP contribution in [0.1, 0.15) is 140 Å². The number of hydrogen-bond acceptors (Lipinski definition) is 4. The predicted octanol–water partition coefficient (Wildman–Crippen LogP) is 22.0. The van der Waals surface area contributed by atoms with Crippen LogP contribution in [0.3, 0.4) is 0 Å². The second-order valence-electron chi connectivity index (χ2n) is 24.4. The van der Waals surface area contributed by atoms with Gasteiger partial charge in [-0.2, -0.15) is 0 Å². The second-order valence-corrected chi connectivity index (χ2v) is 24.4. The third kappa shape index (κ3) is 7.53. The average Bonchev–Trinajstić information content (AvgIpc) is 4.06. The lowest BCUT2D eigenvalue weighted by Crippen LogP contribution is -2.15. The largest absolute Gasteiger partial charge is 0.454 e. The standard InChI is InChI=1S/C72H68N2O2/c1-71(2,3)59-35-19-31-51-53-33-21-37-61(69(53)75-67(51)59)73(47-27-15-9-16-28-47)63-44-64(74(48-29-17-10-18-30-48)62-38-22-34-54-52-32-20-36-60(72(4,5)6)68(52)76-70(54)62)56-42-40-50-58(46-25-13-8-14-26-46)43-57(45-23-11-7-12-24-45)49-39-41-55(63)66(56)65(49)50/h9-10,15-22,27-46H,7-8,11-14,23-26H2,1-6H3. The number of anilines is 6. The average molecular weight is 993 g/mol. The number of para-hydroxylation sites is 6. The van der Waals surface area contributed by atoms with Crippen molar-refractivity contribution < 1.29 is 8.83 Å². The highest BCUT2D eigenvalue weighted by molar-refractivity contribution is 6.30. The van der Waals surface area contributed by atoms with Crippen molar-refractivity contribution in [1.29, 1.82) is 0 Å². The molecule has 2 fully saturated rings. The summed E-state index contributed by atoms with van der Waals surface area (Å²) in [6, 6.07) is 64.0. The van der Waals surface area contributed by atoms with E-state index < -0.39 is 0 Å². The van der Waals surface area contributed by atoms with Gasteiger partial charge in [0.05, 0.1) is 22.7 Å². The van der Waals surface area contributed by atoms with E-state index in [4.69, 9.17) is 8.83 Å². The van der Waals surface area contributed by atoms with Crippen LogP contribution in [0.4, 0.5) is 34.1 Å². The summed E-state index contributed by atoms with van der Waals surface area (Å²) in [5.41, 5.74) is 15.3. The van der Waals surface area contributed by atoms with Crippen LogP contribution in [0.15, 0.2) is 179 Å². The van der Waals surface area contributed by atoms with Crippen LogP contribution in [-0.2, 0) is 10.8 Å². The van der Waals surface area contributed by atoms with Crippen LogP contribution < -0.4 is 9.80 Å². The van der Waals surface area contributed by atoms with Gasteiger partial charge in [0, 0.05) is 60.2 Å². The smallest absolute Gasteiger partial charge is 0.159 e. The maximum absolute atomic E-state index is 7.32. The van der Waals surface area contributed by atoms with Gasteiger partial charge in [-0.05, 0) is 118 Å². The fourth-order valence-electron chi connectivity index (χ4n) is 14.0. The van der Waals surface area contributed by atoms with Gasteiger partial charge in [-0.25, -0.2) is 0 Å². The molecule has 2 aliphatic carbocycles. The zero-order valence-corrected chi connectivity index (χ0v) is 45.1. The van der Waals surface area contributed by atoms with Crippen LogP contribution >= 0.6 is 0 Å². The Balaban J connectivity index is 1.14. The lowest BCUT2D eigenvalue weighted by molar-refractivity contribution is 0.438. The van der Waals surface area contributed by atoms with Gasteiger partial charge >= 0.3 is 0 Å². The van der Waals surface area contributed by atoms with Crippen molar-refractivity contribution >= 4 is 110 Å². The van der Waals surface area contributed by atoms with Gasteiger partial charge < -0.3 is 18.6 Å². The summed E-state index contributed by atoms with van der Waals surface area (Å²) in [6.45, 7) is 13.7. The van der Waals surface area contributed by atoms with E-state index in [2.05, 4.69) is 221 Å². The number of furan rings is 2. The molecule has 0 unspecified atom stereocenters. The van der Waals surface area contributed by atoms with Crippen LogP contribution in [0.2, 0.25) is 0 Å². The molecule has 0 aliphatic heterocycles. The van der Waals surface area contributed by atoms with Crippen molar-refractivity contribution in [3.63, 3.8) is 0 Å². The SMILES string of the molecule is CC(C)(C)c1cccc2c1oc1c(N(c3ccccc3)c3cc(N(c4ccccc4)c4cccc5c4oc4c(C(C)(C)C)cccc45)c4ccc5c(C6CCCCC6)cc(C6CCCCC6)c6ccc3c4c65)cccc12. The molecule has 0 bridgehead atoms. The van der Waals surface area contributed by atoms with E-state index in [1.807, 2.05) is 0 Å². The van der Waals surface area contributed by atoms with Crippen LogP contribution in [-0.4, -0.2) is 0 Å². The van der Waals surface area contributed by atoms with E-state index in [0.717, 1.165) is 78.0 Å². The van der Waals surface area contributed by atoms with Crippen molar-refractivity contribution in [1.82, 2.24) is 0 Å². The summed E-state index contributed by atoms with van der Waals surface area (Å²) >= 11 is 0. The highest BCUT2D eigenvalue weighted by atomic mass is 16.3. The molecule has 0 radical (unpaired) electrons. The fraction of sp³-hybridized carbons (Fsp3) is 0.278. The molecule has 378 valence electrons. The lowest BCUT2D eigenvalue weighted by atomic mass is 9.75. The quantitative estimate of drug-likeness (QED) is 0.142. The first-order valence-corrected chi connectivity index (χ1v) is 28.4. The second kappa shape index (κ2) is 18.0.